The maximum atomic E-state index is 10.1. The zero-order valence-electron chi connectivity index (χ0n) is 7.73. The van der Waals surface area contributed by atoms with Crippen molar-refractivity contribution in [1.82, 2.24) is 0 Å². The van der Waals surface area contributed by atoms with Crippen LogP contribution in [0.2, 0.25) is 0 Å². The Morgan fingerprint density at radius 3 is 2.23 bits per heavy atom. The Hall–Kier alpha value is 1.61. The van der Waals surface area contributed by atoms with Gasteiger partial charge in [-0.25, -0.2) is 8.42 Å². The largest absolute Gasteiger partial charge is 1.00 e. The normalized spacial score (nSPS) is 10.9. The summed E-state index contributed by atoms with van der Waals surface area (Å²) in [6, 6.07) is 0. The molecule has 74 valence electrons. The van der Waals surface area contributed by atoms with Gasteiger partial charge in [0.05, 0.1) is 10.1 Å². The minimum Gasteiger partial charge on any atom is -0.748 e. The van der Waals surface area contributed by atoms with E-state index in [0.29, 0.717) is 6.42 Å². The molecule has 0 aliphatic rings. The average molecular weight is 252 g/mol. The molecule has 0 aromatic rings. The van der Waals surface area contributed by atoms with Gasteiger partial charge in [0.1, 0.15) is 0 Å². The second-order valence-corrected chi connectivity index (χ2v) is 5.50. The molecule has 0 unspecified atom stereocenters. The van der Waals surface area contributed by atoms with E-state index in [2.05, 4.69) is 12.6 Å². The molecule has 0 rings (SSSR count). The van der Waals surface area contributed by atoms with Crippen molar-refractivity contribution in [1.29, 1.82) is 0 Å². The molecular weight excluding hydrogens is 239 g/mol. The molecule has 0 heterocycles. The first-order valence-corrected chi connectivity index (χ1v) is 7.05. The number of hydrogen-bond acceptors (Lipinski definition) is 5. The Bertz CT molecular complexity index is 193. The Kier molecular flexibility index (Phi) is 13.3. The van der Waals surface area contributed by atoms with E-state index in [-0.39, 0.29) is 35.3 Å². The fourth-order valence-electron chi connectivity index (χ4n) is 0.606. The smallest absolute Gasteiger partial charge is 0.748 e. The van der Waals surface area contributed by atoms with Gasteiger partial charge < -0.3 is 4.55 Å². The summed E-state index contributed by atoms with van der Waals surface area (Å²) in [5, 5.41) is 0. The molecule has 0 spiro atoms. The standard InChI is InChI=1S/C6H14O3S3.Na/c7-12(8,9)6-2-5-11-4-1-3-10;/h10H,1-6H2,(H,7,8,9);/q;+1/p-1. The predicted octanol–water partition coefficient (Wildman–Crippen LogP) is -2.02. The van der Waals surface area contributed by atoms with Gasteiger partial charge in [-0.15, -0.1) is 0 Å². The predicted molar refractivity (Wildman–Crippen MR) is 55.0 cm³/mol. The zero-order valence-corrected chi connectivity index (χ0v) is 12.3. The van der Waals surface area contributed by atoms with E-state index < -0.39 is 10.1 Å². The summed E-state index contributed by atoms with van der Waals surface area (Å²) in [5.74, 6) is 2.35. The fraction of sp³-hybridized carbons (Fsp3) is 1.00. The summed E-state index contributed by atoms with van der Waals surface area (Å²) in [6.45, 7) is 0. The fourth-order valence-corrected chi connectivity index (χ4v) is 2.56. The van der Waals surface area contributed by atoms with Crippen LogP contribution in [0.3, 0.4) is 0 Å². The van der Waals surface area contributed by atoms with Crippen LogP contribution < -0.4 is 29.6 Å². The average Bonchev–Trinajstić information content (AvgIpc) is 1.94. The third-order valence-electron chi connectivity index (χ3n) is 1.13. The van der Waals surface area contributed by atoms with E-state index in [4.69, 9.17) is 0 Å². The molecule has 0 saturated heterocycles. The van der Waals surface area contributed by atoms with Gasteiger partial charge in [-0.2, -0.15) is 24.4 Å². The Morgan fingerprint density at radius 2 is 1.77 bits per heavy atom. The van der Waals surface area contributed by atoms with Crippen molar-refractivity contribution in [2.75, 3.05) is 23.0 Å². The van der Waals surface area contributed by atoms with Gasteiger partial charge in [-0.1, -0.05) is 0 Å². The molecule has 0 aromatic heterocycles. The van der Waals surface area contributed by atoms with E-state index in [1.54, 1.807) is 11.8 Å². The second-order valence-electron chi connectivity index (χ2n) is 2.30. The van der Waals surface area contributed by atoms with Crippen molar-refractivity contribution in [2.24, 2.45) is 0 Å². The summed E-state index contributed by atoms with van der Waals surface area (Å²) in [6.07, 6.45) is 1.49. The van der Waals surface area contributed by atoms with Crippen molar-refractivity contribution in [2.45, 2.75) is 12.8 Å². The van der Waals surface area contributed by atoms with E-state index >= 15 is 0 Å². The molecule has 7 heteroatoms. The summed E-state index contributed by atoms with van der Waals surface area (Å²) < 4.78 is 30.4. The minimum absolute atomic E-state index is 0. The van der Waals surface area contributed by atoms with Crippen molar-refractivity contribution >= 4 is 34.5 Å². The molecule has 0 radical (unpaired) electrons. The minimum atomic E-state index is -4.00. The molecule has 0 bridgehead atoms. The van der Waals surface area contributed by atoms with Crippen LogP contribution in [-0.4, -0.2) is 36.0 Å². The SMILES string of the molecule is O=S(=O)([O-])CCCSCCCS.[Na+]. The van der Waals surface area contributed by atoms with Crippen molar-refractivity contribution < 1.29 is 42.5 Å². The Balaban J connectivity index is 0. The second kappa shape index (κ2) is 10.1. The molecule has 0 aliphatic carbocycles. The van der Waals surface area contributed by atoms with Crippen LogP contribution in [0.25, 0.3) is 0 Å². The van der Waals surface area contributed by atoms with Crippen LogP contribution in [0.15, 0.2) is 0 Å². The van der Waals surface area contributed by atoms with Crippen LogP contribution in [0.4, 0.5) is 0 Å². The quantitative estimate of drug-likeness (QED) is 0.246. The molecule has 0 atom stereocenters. The van der Waals surface area contributed by atoms with Gasteiger partial charge in [-0.3, -0.25) is 0 Å². The first-order chi connectivity index (χ1) is 5.56. The van der Waals surface area contributed by atoms with Gasteiger partial charge in [0, 0.05) is 5.75 Å². The van der Waals surface area contributed by atoms with Crippen LogP contribution in [0.5, 0.6) is 0 Å². The van der Waals surface area contributed by atoms with Gasteiger partial charge in [0.2, 0.25) is 0 Å². The Morgan fingerprint density at radius 1 is 1.23 bits per heavy atom. The molecule has 0 amide bonds. The first kappa shape index (κ1) is 17.0. The van der Waals surface area contributed by atoms with E-state index in [9.17, 15) is 13.0 Å². The summed E-state index contributed by atoms with van der Waals surface area (Å²) in [7, 11) is -4.00. The third-order valence-corrected chi connectivity index (χ3v) is 3.39. The molecule has 0 aliphatic heterocycles. The molecule has 0 aromatic carbocycles. The molecule has 13 heavy (non-hydrogen) atoms. The Labute approximate surface area is 112 Å². The van der Waals surface area contributed by atoms with E-state index in [1.165, 1.54) is 0 Å². The van der Waals surface area contributed by atoms with Crippen LogP contribution in [0, 0.1) is 0 Å². The third kappa shape index (κ3) is 16.3. The van der Waals surface area contributed by atoms with Crippen molar-refractivity contribution in [3.05, 3.63) is 0 Å². The van der Waals surface area contributed by atoms with Gasteiger partial charge in [-0.05, 0) is 30.1 Å². The maximum absolute atomic E-state index is 10.1. The van der Waals surface area contributed by atoms with Crippen LogP contribution in [0.1, 0.15) is 12.8 Å². The van der Waals surface area contributed by atoms with Crippen LogP contribution >= 0.6 is 24.4 Å². The number of thioether (sulfide) groups is 1. The van der Waals surface area contributed by atoms with Crippen LogP contribution in [-0.2, 0) is 10.1 Å². The molecule has 3 nitrogen and oxygen atoms in total. The number of thiol groups is 1. The van der Waals surface area contributed by atoms with E-state index in [1.807, 2.05) is 0 Å². The zero-order chi connectivity index (χ0) is 9.45. The number of rotatable bonds is 7. The monoisotopic (exact) mass is 252 g/mol. The molecular formula is C6H13NaO3S3. The molecule has 0 fully saturated rings. The van der Waals surface area contributed by atoms with Crippen molar-refractivity contribution in [3.8, 4) is 0 Å². The topological polar surface area (TPSA) is 57.2 Å². The molecule has 0 N–H and O–H groups in total. The summed E-state index contributed by atoms with van der Waals surface area (Å²) >= 11 is 5.70. The molecule has 0 saturated carbocycles. The van der Waals surface area contributed by atoms with E-state index in [0.717, 1.165) is 23.7 Å². The first-order valence-electron chi connectivity index (χ1n) is 3.68. The van der Waals surface area contributed by atoms with Gasteiger partial charge in [0.25, 0.3) is 0 Å². The summed E-state index contributed by atoms with van der Waals surface area (Å²) in [5.41, 5.74) is 0. The van der Waals surface area contributed by atoms with Gasteiger partial charge >= 0.3 is 29.6 Å². The van der Waals surface area contributed by atoms with Gasteiger partial charge in [0.15, 0.2) is 0 Å². The number of hydrogen-bond donors (Lipinski definition) is 1. The maximum Gasteiger partial charge on any atom is 1.00 e. The van der Waals surface area contributed by atoms with Crippen molar-refractivity contribution in [3.63, 3.8) is 0 Å². The summed E-state index contributed by atoms with van der Waals surface area (Å²) in [4.78, 5) is 0.